The van der Waals surface area contributed by atoms with Gasteiger partial charge in [-0.1, -0.05) is 18.6 Å². The molecule has 0 atom stereocenters. The molecule has 1 N–H and O–H groups in total. The minimum atomic E-state index is 0.373. The number of aromatic hydroxyl groups is 1. The highest BCUT2D eigenvalue weighted by atomic mass is 16.3. The quantitative estimate of drug-likeness (QED) is 0.922. The van der Waals surface area contributed by atoms with Crippen molar-refractivity contribution in [2.75, 3.05) is 39.3 Å². The van der Waals surface area contributed by atoms with Gasteiger partial charge in [0, 0.05) is 13.1 Å². The zero-order valence-electron chi connectivity index (χ0n) is 13.0. The second kappa shape index (κ2) is 7.28. The number of nitrogens with zero attached hydrogens (tertiary/aromatic N) is 2. The molecule has 0 radical (unpaired) electrons. The van der Waals surface area contributed by atoms with E-state index in [2.05, 4.69) is 21.9 Å². The first kappa shape index (κ1) is 14.9. The topological polar surface area (TPSA) is 26.7 Å². The van der Waals surface area contributed by atoms with Gasteiger partial charge in [-0.3, -0.25) is 0 Å². The van der Waals surface area contributed by atoms with Crippen molar-refractivity contribution < 1.29 is 5.11 Å². The first-order chi connectivity index (χ1) is 10.3. The molecular formula is C18H28N2O. The van der Waals surface area contributed by atoms with Crippen molar-refractivity contribution in [2.24, 2.45) is 0 Å². The van der Waals surface area contributed by atoms with E-state index in [0.29, 0.717) is 11.7 Å². The fourth-order valence-corrected chi connectivity index (χ4v) is 3.70. The standard InChI is InChI=1S/C18H28N2O/c21-18-6-4-16(5-7-18)17-8-12-20(13-9-17)15-14-19-10-2-1-3-11-19/h4-7,17,21H,1-3,8-15H2. The molecule has 1 aromatic carbocycles. The fourth-order valence-electron chi connectivity index (χ4n) is 3.70. The second-order valence-corrected chi connectivity index (χ2v) is 6.61. The van der Waals surface area contributed by atoms with Crippen molar-refractivity contribution in [3.8, 4) is 5.75 Å². The van der Waals surface area contributed by atoms with Crippen LogP contribution in [-0.4, -0.2) is 54.2 Å². The molecule has 0 aromatic heterocycles. The number of benzene rings is 1. The van der Waals surface area contributed by atoms with Gasteiger partial charge in [0.25, 0.3) is 0 Å². The molecule has 1 aromatic rings. The van der Waals surface area contributed by atoms with Crippen LogP contribution >= 0.6 is 0 Å². The summed E-state index contributed by atoms with van der Waals surface area (Å²) in [5.74, 6) is 1.05. The Labute approximate surface area is 128 Å². The van der Waals surface area contributed by atoms with Crippen molar-refractivity contribution in [1.82, 2.24) is 9.80 Å². The number of hydrogen-bond donors (Lipinski definition) is 1. The lowest BCUT2D eigenvalue weighted by molar-refractivity contribution is 0.159. The van der Waals surface area contributed by atoms with E-state index in [4.69, 9.17) is 0 Å². The van der Waals surface area contributed by atoms with Crippen molar-refractivity contribution in [3.05, 3.63) is 29.8 Å². The van der Waals surface area contributed by atoms with Gasteiger partial charge in [-0.25, -0.2) is 0 Å². The highest BCUT2D eigenvalue weighted by Crippen LogP contribution is 2.28. The smallest absolute Gasteiger partial charge is 0.115 e. The summed E-state index contributed by atoms with van der Waals surface area (Å²) in [6.07, 6.45) is 6.72. The van der Waals surface area contributed by atoms with Crippen LogP contribution in [-0.2, 0) is 0 Å². The van der Waals surface area contributed by atoms with E-state index >= 15 is 0 Å². The van der Waals surface area contributed by atoms with Crippen LogP contribution in [0.15, 0.2) is 24.3 Å². The number of rotatable bonds is 4. The Kier molecular flexibility index (Phi) is 5.15. The number of piperidine rings is 2. The zero-order chi connectivity index (χ0) is 14.5. The van der Waals surface area contributed by atoms with Crippen LogP contribution in [0.3, 0.4) is 0 Å². The lowest BCUT2D eigenvalue weighted by Gasteiger charge is -2.34. The van der Waals surface area contributed by atoms with E-state index in [0.717, 1.165) is 0 Å². The number of phenols is 1. The molecule has 2 aliphatic heterocycles. The zero-order valence-corrected chi connectivity index (χ0v) is 13.0. The molecule has 2 saturated heterocycles. The molecule has 0 spiro atoms. The Morgan fingerprint density at radius 1 is 0.810 bits per heavy atom. The molecule has 3 rings (SSSR count). The molecule has 3 heteroatoms. The SMILES string of the molecule is Oc1ccc(C2CCN(CCN3CCCCC3)CC2)cc1. The molecule has 0 bridgehead atoms. The maximum Gasteiger partial charge on any atom is 0.115 e. The van der Waals surface area contributed by atoms with Gasteiger partial charge in [0.15, 0.2) is 0 Å². The van der Waals surface area contributed by atoms with Gasteiger partial charge in [0.2, 0.25) is 0 Å². The van der Waals surface area contributed by atoms with E-state index in [1.807, 2.05) is 12.1 Å². The first-order valence-corrected chi connectivity index (χ1v) is 8.55. The van der Waals surface area contributed by atoms with E-state index in [1.54, 1.807) is 0 Å². The maximum atomic E-state index is 9.38. The third-order valence-corrected chi connectivity index (χ3v) is 5.13. The maximum absolute atomic E-state index is 9.38. The van der Waals surface area contributed by atoms with Crippen molar-refractivity contribution in [2.45, 2.75) is 38.0 Å². The Morgan fingerprint density at radius 2 is 1.38 bits per heavy atom. The predicted octanol–water partition coefficient (Wildman–Crippen LogP) is 3.06. The largest absolute Gasteiger partial charge is 0.508 e. The summed E-state index contributed by atoms with van der Waals surface area (Å²) in [6, 6.07) is 7.81. The lowest BCUT2D eigenvalue weighted by atomic mass is 9.89. The van der Waals surface area contributed by atoms with Gasteiger partial charge in [-0.15, -0.1) is 0 Å². The van der Waals surface area contributed by atoms with Crippen LogP contribution in [0.2, 0.25) is 0 Å². The van der Waals surface area contributed by atoms with Gasteiger partial charge < -0.3 is 14.9 Å². The Hall–Kier alpha value is -1.06. The summed E-state index contributed by atoms with van der Waals surface area (Å²) in [6.45, 7) is 7.55. The van der Waals surface area contributed by atoms with Crippen molar-refractivity contribution in [3.63, 3.8) is 0 Å². The molecule has 0 aliphatic carbocycles. The minimum absolute atomic E-state index is 0.373. The minimum Gasteiger partial charge on any atom is -0.508 e. The molecule has 2 heterocycles. The molecular weight excluding hydrogens is 260 g/mol. The monoisotopic (exact) mass is 288 g/mol. The third-order valence-electron chi connectivity index (χ3n) is 5.13. The summed E-state index contributed by atoms with van der Waals surface area (Å²) in [5, 5.41) is 9.38. The molecule has 0 amide bonds. The van der Waals surface area contributed by atoms with E-state index < -0.39 is 0 Å². The van der Waals surface area contributed by atoms with E-state index in [1.165, 1.54) is 76.9 Å². The van der Waals surface area contributed by atoms with Crippen LogP contribution in [0.25, 0.3) is 0 Å². The Morgan fingerprint density at radius 3 is 2.00 bits per heavy atom. The second-order valence-electron chi connectivity index (χ2n) is 6.61. The molecule has 2 fully saturated rings. The Balaban J connectivity index is 1.41. The average molecular weight is 288 g/mol. The number of phenolic OH excluding ortho intramolecular Hbond substituents is 1. The summed E-state index contributed by atoms with van der Waals surface area (Å²) in [5.41, 5.74) is 1.39. The van der Waals surface area contributed by atoms with Crippen LogP contribution in [0.4, 0.5) is 0 Å². The van der Waals surface area contributed by atoms with Crippen molar-refractivity contribution >= 4 is 0 Å². The van der Waals surface area contributed by atoms with Crippen LogP contribution in [0.1, 0.15) is 43.6 Å². The molecule has 21 heavy (non-hydrogen) atoms. The van der Waals surface area contributed by atoms with Crippen LogP contribution in [0, 0.1) is 0 Å². The third kappa shape index (κ3) is 4.21. The highest BCUT2D eigenvalue weighted by Gasteiger charge is 2.21. The predicted molar refractivity (Wildman–Crippen MR) is 86.8 cm³/mol. The molecule has 2 aliphatic rings. The summed E-state index contributed by atoms with van der Waals surface area (Å²) < 4.78 is 0. The molecule has 0 unspecified atom stereocenters. The summed E-state index contributed by atoms with van der Waals surface area (Å²) in [4.78, 5) is 5.26. The van der Waals surface area contributed by atoms with Crippen LogP contribution in [0.5, 0.6) is 5.75 Å². The number of likely N-dealkylation sites (tertiary alicyclic amines) is 2. The Bertz CT molecular complexity index is 417. The molecule has 116 valence electrons. The van der Waals surface area contributed by atoms with Crippen molar-refractivity contribution in [1.29, 1.82) is 0 Å². The van der Waals surface area contributed by atoms with E-state index in [-0.39, 0.29) is 0 Å². The van der Waals surface area contributed by atoms with Crippen LogP contribution < -0.4 is 0 Å². The fraction of sp³-hybridized carbons (Fsp3) is 0.667. The number of hydrogen-bond acceptors (Lipinski definition) is 3. The normalized spacial score (nSPS) is 22.5. The molecule has 3 nitrogen and oxygen atoms in total. The molecule has 0 saturated carbocycles. The summed E-state index contributed by atoms with van der Waals surface area (Å²) >= 11 is 0. The average Bonchev–Trinajstić information content (AvgIpc) is 2.55. The highest BCUT2D eigenvalue weighted by molar-refractivity contribution is 5.28. The van der Waals surface area contributed by atoms with Gasteiger partial charge in [0.1, 0.15) is 5.75 Å². The first-order valence-electron chi connectivity index (χ1n) is 8.55. The van der Waals surface area contributed by atoms with E-state index in [9.17, 15) is 5.11 Å². The summed E-state index contributed by atoms with van der Waals surface area (Å²) in [7, 11) is 0. The van der Waals surface area contributed by atoms with Gasteiger partial charge in [0.05, 0.1) is 0 Å². The van der Waals surface area contributed by atoms with Gasteiger partial charge in [-0.2, -0.15) is 0 Å². The van der Waals surface area contributed by atoms with Gasteiger partial charge >= 0.3 is 0 Å². The van der Waals surface area contributed by atoms with Gasteiger partial charge in [-0.05, 0) is 75.5 Å². The lowest BCUT2D eigenvalue weighted by Crippen LogP contribution is -2.40.